The first kappa shape index (κ1) is 15.1. The molecule has 3 N–H and O–H groups in total. The van der Waals surface area contributed by atoms with Gasteiger partial charge in [-0.1, -0.05) is 18.2 Å². The number of halogens is 3. The molecule has 0 aliphatic heterocycles. The second kappa shape index (κ2) is 6.45. The minimum absolute atomic E-state index is 0.169. The van der Waals surface area contributed by atoms with Gasteiger partial charge < -0.3 is 10.8 Å². The largest absolute Gasteiger partial charge is 0.388 e. The van der Waals surface area contributed by atoms with Crippen molar-refractivity contribution in [2.45, 2.75) is 12.0 Å². The molecule has 2 aromatic rings. The molecule has 1 aromatic carbocycles. The molecule has 0 spiro atoms. The normalized spacial score (nSPS) is 14.4. The van der Waals surface area contributed by atoms with Crippen molar-refractivity contribution in [3.8, 4) is 0 Å². The number of hydrogen-bond acceptors (Lipinski definition) is 3. The van der Waals surface area contributed by atoms with Crippen molar-refractivity contribution in [3.63, 3.8) is 0 Å². The van der Waals surface area contributed by atoms with Crippen LogP contribution < -0.4 is 5.73 Å². The number of aliphatic hydroxyl groups excluding tert-OH is 1. The Morgan fingerprint density at radius 2 is 1.95 bits per heavy atom. The van der Waals surface area contributed by atoms with E-state index in [4.69, 9.17) is 5.73 Å². The Morgan fingerprint density at radius 1 is 1.26 bits per heavy atom. The van der Waals surface area contributed by atoms with Crippen molar-refractivity contribution < 1.29 is 9.50 Å². The van der Waals surface area contributed by atoms with Gasteiger partial charge in [0, 0.05) is 18.0 Å². The number of nitrogens with two attached hydrogens (primary N) is 1. The highest BCUT2D eigenvalue weighted by Gasteiger charge is 2.26. The number of hydrogen-bond donors (Lipinski definition) is 2. The van der Waals surface area contributed by atoms with Gasteiger partial charge >= 0.3 is 0 Å². The topological polar surface area (TPSA) is 46.2 Å². The van der Waals surface area contributed by atoms with Crippen LogP contribution in [0.25, 0.3) is 0 Å². The fourth-order valence-corrected chi connectivity index (χ4v) is 4.88. The fraction of sp³-hybridized carbons (Fsp3) is 0.231. The van der Waals surface area contributed by atoms with Crippen LogP contribution in [-0.4, -0.2) is 11.7 Å². The highest BCUT2D eigenvalue weighted by Crippen LogP contribution is 2.40. The Bertz CT molecular complexity index is 576. The molecule has 0 radical (unpaired) electrons. The molecule has 0 saturated heterocycles. The summed E-state index contributed by atoms with van der Waals surface area (Å²) in [6.45, 7) is 0.169. The summed E-state index contributed by atoms with van der Waals surface area (Å²) in [7, 11) is 0. The van der Waals surface area contributed by atoms with Crippen LogP contribution in [0, 0.1) is 5.82 Å². The minimum Gasteiger partial charge on any atom is -0.388 e. The van der Waals surface area contributed by atoms with Gasteiger partial charge in [-0.3, -0.25) is 0 Å². The van der Waals surface area contributed by atoms with E-state index < -0.39 is 12.0 Å². The lowest BCUT2D eigenvalue weighted by Crippen LogP contribution is -2.21. The van der Waals surface area contributed by atoms with Crippen molar-refractivity contribution in [1.82, 2.24) is 0 Å². The zero-order valence-corrected chi connectivity index (χ0v) is 13.8. The predicted octanol–water partition coefficient (Wildman–Crippen LogP) is 4.19. The highest BCUT2D eigenvalue weighted by atomic mass is 79.9. The Morgan fingerprint density at radius 3 is 2.47 bits per heavy atom. The number of aliphatic hydroxyl groups is 1. The van der Waals surface area contributed by atoms with Gasteiger partial charge in [-0.2, -0.15) is 0 Å². The minimum atomic E-state index is -0.848. The summed E-state index contributed by atoms with van der Waals surface area (Å²) < 4.78 is 15.5. The van der Waals surface area contributed by atoms with E-state index >= 15 is 0 Å². The molecule has 0 aliphatic rings. The fourth-order valence-electron chi connectivity index (χ4n) is 1.97. The van der Waals surface area contributed by atoms with Crippen LogP contribution in [0.4, 0.5) is 4.39 Å². The molecule has 0 fully saturated rings. The third kappa shape index (κ3) is 3.25. The lowest BCUT2D eigenvalue weighted by molar-refractivity contribution is 0.145. The van der Waals surface area contributed by atoms with Gasteiger partial charge in [0.2, 0.25) is 0 Å². The first-order valence-electron chi connectivity index (χ1n) is 5.62. The number of rotatable bonds is 4. The third-order valence-corrected chi connectivity index (χ3v) is 5.33. The van der Waals surface area contributed by atoms with Crippen LogP contribution in [0.5, 0.6) is 0 Å². The second-order valence-electron chi connectivity index (χ2n) is 4.09. The van der Waals surface area contributed by atoms with Gasteiger partial charge in [0.15, 0.2) is 0 Å². The van der Waals surface area contributed by atoms with Gasteiger partial charge in [-0.05, 0) is 49.6 Å². The van der Waals surface area contributed by atoms with Gasteiger partial charge in [0.1, 0.15) is 5.82 Å². The smallest absolute Gasteiger partial charge is 0.126 e. The van der Waals surface area contributed by atoms with Crippen LogP contribution in [0.1, 0.15) is 23.1 Å². The summed E-state index contributed by atoms with van der Waals surface area (Å²) in [5, 5.41) is 10.5. The Hall–Kier alpha value is -0.270. The molecular weight excluding hydrogens is 397 g/mol. The molecule has 1 heterocycles. The van der Waals surface area contributed by atoms with E-state index in [1.807, 2.05) is 6.07 Å². The number of benzene rings is 1. The maximum absolute atomic E-state index is 13.8. The molecule has 2 rings (SSSR count). The predicted molar refractivity (Wildman–Crippen MR) is 82.9 cm³/mol. The Kier molecular flexibility index (Phi) is 5.14. The van der Waals surface area contributed by atoms with E-state index in [1.165, 1.54) is 17.4 Å². The quantitative estimate of drug-likeness (QED) is 0.796. The third-order valence-electron chi connectivity index (χ3n) is 2.94. The van der Waals surface area contributed by atoms with Crippen molar-refractivity contribution >= 4 is 43.2 Å². The van der Waals surface area contributed by atoms with E-state index in [0.29, 0.717) is 5.56 Å². The summed E-state index contributed by atoms with van der Waals surface area (Å²) in [4.78, 5) is 0. The molecular formula is C13H12Br2FNOS. The van der Waals surface area contributed by atoms with Crippen molar-refractivity contribution in [2.75, 3.05) is 6.54 Å². The maximum atomic E-state index is 13.8. The van der Waals surface area contributed by atoms with Crippen LogP contribution in [0.15, 0.2) is 37.9 Å². The first-order chi connectivity index (χ1) is 9.04. The van der Waals surface area contributed by atoms with Gasteiger partial charge in [0.05, 0.1) is 13.7 Å². The molecule has 102 valence electrons. The van der Waals surface area contributed by atoms with E-state index in [0.717, 1.165) is 13.1 Å². The molecule has 0 bridgehead atoms. The van der Waals surface area contributed by atoms with E-state index in [1.54, 1.807) is 18.2 Å². The summed E-state index contributed by atoms with van der Waals surface area (Å²) in [6.07, 6.45) is -0.848. The SMILES string of the molecule is NCC(c1ccccc1F)C(O)c1cc(Br)sc1Br. The lowest BCUT2D eigenvalue weighted by atomic mass is 9.90. The van der Waals surface area contributed by atoms with E-state index in [2.05, 4.69) is 31.9 Å². The average Bonchev–Trinajstić information content (AvgIpc) is 2.71. The highest BCUT2D eigenvalue weighted by molar-refractivity contribution is 9.12. The number of thiophene rings is 1. The zero-order valence-electron chi connectivity index (χ0n) is 9.82. The molecule has 0 saturated carbocycles. The summed E-state index contributed by atoms with van der Waals surface area (Å²) >= 11 is 8.23. The van der Waals surface area contributed by atoms with Crippen molar-refractivity contribution in [3.05, 3.63) is 54.8 Å². The van der Waals surface area contributed by atoms with E-state index in [-0.39, 0.29) is 12.4 Å². The van der Waals surface area contributed by atoms with Gasteiger partial charge in [0.25, 0.3) is 0 Å². The van der Waals surface area contributed by atoms with E-state index in [9.17, 15) is 9.50 Å². The second-order valence-corrected chi connectivity index (χ2v) is 7.84. The molecule has 6 heteroatoms. The van der Waals surface area contributed by atoms with Crippen molar-refractivity contribution in [1.29, 1.82) is 0 Å². The molecule has 2 nitrogen and oxygen atoms in total. The van der Waals surface area contributed by atoms with Crippen LogP contribution in [0.2, 0.25) is 0 Å². The lowest BCUT2D eigenvalue weighted by Gasteiger charge is -2.22. The molecule has 0 amide bonds. The van der Waals surface area contributed by atoms with Crippen LogP contribution >= 0.6 is 43.2 Å². The molecule has 1 aromatic heterocycles. The van der Waals surface area contributed by atoms with Gasteiger partial charge in [-0.15, -0.1) is 11.3 Å². The Balaban J connectivity index is 2.37. The average molecular weight is 409 g/mol. The molecule has 2 unspecified atom stereocenters. The summed E-state index contributed by atoms with van der Waals surface area (Å²) in [5.41, 5.74) is 6.87. The summed E-state index contributed by atoms with van der Waals surface area (Å²) in [6, 6.07) is 8.22. The van der Waals surface area contributed by atoms with Crippen LogP contribution in [-0.2, 0) is 0 Å². The monoisotopic (exact) mass is 407 g/mol. The molecule has 19 heavy (non-hydrogen) atoms. The summed E-state index contributed by atoms with van der Waals surface area (Å²) in [5.74, 6) is -0.818. The first-order valence-corrected chi connectivity index (χ1v) is 8.02. The zero-order chi connectivity index (χ0) is 14.0. The van der Waals surface area contributed by atoms with Crippen molar-refractivity contribution in [2.24, 2.45) is 5.73 Å². The standard InChI is InChI=1S/C13H12Br2FNOS/c14-11-5-8(13(15)19-11)12(18)9(6-17)7-3-1-2-4-10(7)16/h1-5,9,12,18H,6,17H2. The Labute approximate surface area is 131 Å². The van der Waals surface area contributed by atoms with Gasteiger partial charge in [-0.25, -0.2) is 4.39 Å². The maximum Gasteiger partial charge on any atom is 0.126 e. The molecule has 2 atom stereocenters. The molecule has 0 aliphatic carbocycles. The van der Waals surface area contributed by atoms with Crippen LogP contribution in [0.3, 0.4) is 0 Å².